The van der Waals surface area contributed by atoms with Gasteiger partial charge in [-0.3, -0.25) is 10.1 Å². The highest BCUT2D eigenvalue weighted by Crippen LogP contribution is 2.21. The van der Waals surface area contributed by atoms with Gasteiger partial charge in [-0.2, -0.15) is 0 Å². The molecule has 23 heavy (non-hydrogen) atoms. The average Bonchev–Trinajstić information content (AvgIpc) is 2.56. The Hall–Kier alpha value is -2.62. The van der Waals surface area contributed by atoms with Crippen LogP contribution in [0.2, 0.25) is 0 Å². The zero-order valence-corrected chi connectivity index (χ0v) is 13.6. The maximum Gasteiger partial charge on any atom is 0.411 e. The van der Waals surface area contributed by atoms with Crippen LogP contribution in [0.3, 0.4) is 0 Å². The molecule has 4 nitrogen and oxygen atoms in total. The summed E-state index contributed by atoms with van der Waals surface area (Å²) < 4.78 is 5.21. The lowest BCUT2D eigenvalue weighted by molar-refractivity contribution is 0.103. The summed E-state index contributed by atoms with van der Waals surface area (Å²) in [6.45, 7) is 5.67. The summed E-state index contributed by atoms with van der Waals surface area (Å²) in [7, 11) is 0. The second-order valence-electron chi connectivity index (χ2n) is 5.49. The molecule has 0 fully saturated rings. The van der Waals surface area contributed by atoms with E-state index >= 15 is 0 Å². The van der Waals surface area contributed by atoms with Crippen LogP contribution in [0, 0.1) is 6.92 Å². The summed E-state index contributed by atoms with van der Waals surface area (Å²) in [6, 6.07) is 14.3. The molecule has 0 aliphatic heterocycles. The van der Waals surface area contributed by atoms with Crippen LogP contribution in [-0.2, 0) is 4.74 Å². The van der Waals surface area contributed by atoms with Crippen molar-refractivity contribution < 1.29 is 14.3 Å². The number of ether oxygens (including phenoxy) is 1. The van der Waals surface area contributed by atoms with Crippen LogP contribution in [-0.4, -0.2) is 18.0 Å². The van der Waals surface area contributed by atoms with Crippen LogP contribution >= 0.6 is 0 Å². The minimum absolute atomic E-state index is 0.131. The van der Waals surface area contributed by atoms with Gasteiger partial charge in [0.05, 0.1) is 5.69 Å². The van der Waals surface area contributed by atoms with Gasteiger partial charge in [0.2, 0.25) is 0 Å². The number of amides is 1. The molecule has 0 saturated heterocycles. The first kappa shape index (κ1) is 16.7. The highest BCUT2D eigenvalue weighted by atomic mass is 16.6. The van der Waals surface area contributed by atoms with Gasteiger partial charge in [-0.05, 0) is 32.4 Å². The van der Waals surface area contributed by atoms with Crippen molar-refractivity contribution in [3.8, 4) is 0 Å². The molecule has 2 rings (SSSR count). The Morgan fingerprint density at radius 1 is 1.13 bits per heavy atom. The molecule has 120 valence electrons. The summed E-state index contributed by atoms with van der Waals surface area (Å²) in [5.41, 5.74) is 2.44. The molecule has 2 aromatic rings. The Bertz CT molecular complexity index is 695. The van der Waals surface area contributed by atoms with Crippen molar-refractivity contribution in [1.29, 1.82) is 0 Å². The van der Waals surface area contributed by atoms with Crippen molar-refractivity contribution in [3.63, 3.8) is 0 Å². The summed E-state index contributed by atoms with van der Waals surface area (Å²) in [5.74, 6) is -0.131. The summed E-state index contributed by atoms with van der Waals surface area (Å²) in [6.07, 6.45) is 0.0101. The quantitative estimate of drug-likeness (QED) is 0.823. The van der Waals surface area contributed by atoms with E-state index in [4.69, 9.17) is 4.74 Å². The molecular formula is C19H21NO3. The molecule has 1 unspecified atom stereocenters. The van der Waals surface area contributed by atoms with Gasteiger partial charge in [0.25, 0.3) is 0 Å². The van der Waals surface area contributed by atoms with Gasteiger partial charge in [-0.25, -0.2) is 4.79 Å². The largest absolute Gasteiger partial charge is 0.446 e. The third-order valence-electron chi connectivity index (χ3n) is 3.58. The lowest BCUT2D eigenvalue weighted by atomic mass is 10.00. The minimum atomic E-state index is -0.551. The van der Waals surface area contributed by atoms with E-state index in [1.807, 2.05) is 45.0 Å². The number of ketones is 1. The summed E-state index contributed by atoms with van der Waals surface area (Å²) in [5, 5.41) is 2.67. The fourth-order valence-electron chi connectivity index (χ4n) is 2.11. The number of anilines is 1. The van der Waals surface area contributed by atoms with Crippen molar-refractivity contribution in [2.45, 2.75) is 33.3 Å². The van der Waals surface area contributed by atoms with Crippen LogP contribution in [0.25, 0.3) is 0 Å². The normalized spacial score (nSPS) is 11.6. The van der Waals surface area contributed by atoms with E-state index in [9.17, 15) is 9.59 Å². The second-order valence-corrected chi connectivity index (χ2v) is 5.49. The van der Waals surface area contributed by atoms with Crippen LogP contribution in [0.1, 0.15) is 41.8 Å². The van der Waals surface area contributed by atoms with Gasteiger partial charge in [0, 0.05) is 11.1 Å². The predicted octanol–water partition coefficient (Wildman–Crippen LogP) is 4.57. The fraction of sp³-hybridized carbons (Fsp3) is 0.263. The highest BCUT2D eigenvalue weighted by molar-refractivity contribution is 6.13. The topological polar surface area (TPSA) is 55.4 Å². The number of hydrogen-bond acceptors (Lipinski definition) is 3. The minimum Gasteiger partial charge on any atom is -0.446 e. The number of carbonyl (C=O) groups excluding carboxylic acids is 2. The number of benzene rings is 2. The van der Waals surface area contributed by atoms with E-state index in [0.717, 1.165) is 12.0 Å². The van der Waals surface area contributed by atoms with Crippen molar-refractivity contribution in [1.82, 2.24) is 0 Å². The van der Waals surface area contributed by atoms with Crippen LogP contribution < -0.4 is 5.32 Å². The molecule has 0 aliphatic rings. The van der Waals surface area contributed by atoms with E-state index in [1.165, 1.54) is 0 Å². The van der Waals surface area contributed by atoms with Crippen molar-refractivity contribution in [2.24, 2.45) is 0 Å². The molecule has 0 spiro atoms. The molecule has 0 heterocycles. The zero-order valence-electron chi connectivity index (χ0n) is 13.6. The Morgan fingerprint density at radius 3 is 2.48 bits per heavy atom. The molecular weight excluding hydrogens is 290 g/mol. The lowest BCUT2D eigenvalue weighted by Gasteiger charge is -2.14. The van der Waals surface area contributed by atoms with Gasteiger partial charge >= 0.3 is 6.09 Å². The molecule has 1 N–H and O–H groups in total. The Balaban J connectivity index is 2.27. The van der Waals surface area contributed by atoms with Crippen molar-refractivity contribution in [2.75, 3.05) is 5.32 Å². The molecule has 2 aromatic carbocycles. The lowest BCUT2D eigenvalue weighted by Crippen LogP contribution is -2.21. The molecule has 1 amide bonds. The van der Waals surface area contributed by atoms with E-state index < -0.39 is 6.09 Å². The fourth-order valence-corrected chi connectivity index (χ4v) is 2.11. The van der Waals surface area contributed by atoms with Gasteiger partial charge in [-0.1, -0.05) is 48.9 Å². The smallest absolute Gasteiger partial charge is 0.411 e. The number of aryl methyl sites for hydroxylation is 1. The Morgan fingerprint density at radius 2 is 1.83 bits per heavy atom. The van der Waals surface area contributed by atoms with Crippen molar-refractivity contribution in [3.05, 3.63) is 65.2 Å². The third kappa shape index (κ3) is 4.42. The molecule has 0 radical (unpaired) electrons. The number of rotatable bonds is 5. The van der Waals surface area contributed by atoms with Gasteiger partial charge in [0.1, 0.15) is 6.10 Å². The summed E-state index contributed by atoms with van der Waals surface area (Å²) in [4.78, 5) is 24.6. The first-order valence-corrected chi connectivity index (χ1v) is 7.69. The molecule has 0 aliphatic carbocycles. The zero-order chi connectivity index (χ0) is 16.8. The maximum absolute atomic E-state index is 12.7. The number of carbonyl (C=O) groups is 2. The molecule has 1 atom stereocenters. The van der Waals surface area contributed by atoms with E-state index in [1.54, 1.807) is 24.3 Å². The monoisotopic (exact) mass is 311 g/mol. The first-order chi connectivity index (χ1) is 11.0. The van der Waals surface area contributed by atoms with Crippen LogP contribution in [0.15, 0.2) is 48.5 Å². The summed E-state index contributed by atoms with van der Waals surface area (Å²) >= 11 is 0. The average molecular weight is 311 g/mol. The highest BCUT2D eigenvalue weighted by Gasteiger charge is 2.16. The van der Waals surface area contributed by atoms with Crippen molar-refractivity contribution >= 4 is 17.6 Å². The number of hydrogen-bond donors (Lipinski definition) is 1. The Kier molecular flexibility index (Phi) is 5.52. The van der Waals surface area contributed by atoms with E-state index in [-0.39, 0.29) is 11.9 Å². The molecule has 0 bridgehead atoms. The van der Waals surface area contributed by atoms with Crippen LogP contribution in [0.4, 0.5) is 10.5 Å². The maximum atomic E-state index is 12.7. The standard InChI is InChI=1S/C19H21NO3/c1-4-14(3)23-19(22)20-17-11-10-13(2)12-16(17)18(21)15-8-6-5-7-9-15/h5-12,14H,4H2,1-3H3,(H,20,22). The molecule has 0 saturated carbocycles. The Labute approximate surface area is 136 Å². The molecule has 0 aromatic heterocycles. The van der Waals surface area contributed by atoms with Gasteiger partial charge < -0.3 is 4.74 Å². The van der Waals surface area contributed by atoms with Gasteiger partial charge in [-0.15, -0.1) is 0 Å². The third-order valence-corrected chi connectivity index (χ3v) is 3.58. The van der Waals surface area contributed by atoms with Crippen LogP contribution in [0.5, 0.6) is 0 Å². The van der Waals surface area contributed by atoms with E-state index in [0.29, 0.717) is 16.8 Å². The second kappa shape index (κ2) is 7.58. The number of nitrogens with one attached hydrogen (secondary N) is 1. The first-order valence-electron chi connectivity index (χ1n) is 7.69. The molecule has 4 heteroatoms. The predicted molar refractivity (Wildman–Crippen MR) is 90.9 cm³/mol. The SMILES string of the molecule is CCC(C)OC(=O)Nc1ccc(C)cc1C(=O)c1ccccc1. The van der Waals surface area contributed by atoms with Gasteiger partial charge in [0.15, 0.2) is 5.78 Å². The van der Waals surface area contributed by atoms with E-state index in [2.05, 4.69) is 5.32 Å².